The predicted molar refractivity (Wildman–Crippen MR) is 103 cm³/mol. The van der Waals surface area contributed by atoms with E-state index >= 15 is 0 Å². The van der Waals surface area contributed by atoms with E-state index < -0.39 is 0 Å². The molecule has 2 rings (SSSR count). The highest BCUT2D eigenvalue weighted by Gasteiger charge is 2.16. The fourth-order valence-electron chi connectivity index (χ4n) is 2.71. The molecular weight excluding hydrogens is 336 g/mol. The molecule has 0 radical (unpaired) electrons. The monoisotopic (exact) mass is 358 g/mol. The second kappa shape index (κ2) is 8.67. The number of hydrogen-bond acceptors (Lipinski definition) is 2. The standard InChI is InChI=1S/C20H23ClN2O2/c1-4-16-7-5-6-8-19(16)23(15(3)24)12-11-20(25)22-18-10-9-17(21)13-14(18)2/h5-10,13H,4,11-12H2,1-3H3,(H,22,25). The van der Waals surface area contributed by atoms with Crippen LogP contribution in [0.3, 0.4) is 0 Å². The van der Waals surface area contributed by atoms with Crippen molar-refractivity contribution in [2.75, 3.05) is 16.8 Å². The highest BCUT2D eigenvalue weighted by atomic mass is 35.5. The number of anilines is 2. The summed E-state index contributed by atoms with van der Waals surface area (Å²) in [4.78, 5) is 26.0. The average Bonchev–Trinajstić information content (AvgIpc) is 2.57. The van der Waals surface area contributed by atoms with Crippen molar-refractivity contribution < 1.29 is 9.59 Å². The van der Waals surface area contributed by atoms with Gasteiger partial charge in [-0.2, -0.15) is 0 Å². The number of rotatable bonds is 6. The largest absolute Gasteiger partial charge is 0.326 e. The Bertz CT molecular complexity index is 774. The highest BCUT2D eigenvalue weighted by molar-refractivity contribution is 6.30. The van der Waals surface area contributed by atoms with E-state index in [0.717, 1.165) is 28.9 Å². The Kier molecular flexibility index (Phi) is 6.59. The third-order valence-electron chi connectivity index (χ3n) is 4.07. The molecule has 4 nitrogen and oxygen atoms in total. The van der Waals surface area contributed by atoms with E-state index in [9.17, 15) is 9.59 Å². The Morgan fingerprint density at radius 1 is 1.16 bits per heavy atom. The molecule has 0 fully saturated rings. The van der Waals surface area contributed by atoms with Gasteiger partial charge < -0.3 is 10.2 Å². The lowest BCUT2D eigenvalue weighted by Gasteiger charge is -2.23. The van der Waals surface area contributed by atoms with Crippen molar-refractivity contribution in [2.24, 2.45) is 0 Å². The zero-order valence-electron chi connectivity index (χ0n) is 14.8. The first-order valence-corrected chi connectivity index (χ1v) is 8.72. The first kappa shape index (κ1) is 19.0. The van der Waals surface area contributed by atoms with E-state index in [-0.39, 0.29) is 18.2 Å². The number of aryl methyl sites for hydroxylation is 2. The van der Waals surface area contributed by atoms with Crippen LogP contribution in [0, 0.1) is 6.92 Å². The van der Waals surface area contributed by atoms with E-state index in [1.165, 1.54) is 6.92 Å². The third kappa shape index (κ3) is 5.07. The first-order chi connectivity index (χ1) is 11.9. The van der Waals surface area contributed by atoms with Gasteiger partial charge in [0.15, 0.2) is 0 Å². The quantitative estimate of drug-likeness (QED) is 0.820. The molecule has 0 aliphatic heterocycles. The number of nitrogens with zero attached hydrogens (tertiary/aromatic N) is 1. The molecule has 5 heteroatoms. The van der Waals surface area contributed by atoms with Gasteiger partial charge in [0.2, 0.25) is 11.8 Å². The number of para-hydroxylation sites is 1. The molecule has 2 amide bonds. The van der Waals surface area contributed by atoms with Crippen molar-refractivity contribution in [1.29, 1.82) is 0 Å². The summed E-state index contributed by atoms with van der Waals surface area (Å²) in [7, 11) is 0. The van der Waals surface area contributed by atoms with Gasteiger partial charge >= 0.3 is 0 Å². The maximum absolute atomic E-state index is 12.3. The van der Waals surface area contributed by atoms with E-state index in [2.05, 4.69) is 5.32 Å². The second-order valence-electron chi connectivity index (χ2n) is 5.91. The number of amides is 2. The number of carbonyl (C=O) groups is 2. The number of benzene rings is 2. The van der Waals surface area contributed by atoms with Crippen LogP contribution in [0.25, 0.3) is 0 Å². The summed E-state index contributed by atoms with van der Waals surface area (Å²) in [6.07, 6.45) is 1.05. The second-order valence-corrected chi connectivity index (χ2v) is 6.35. The normalized spacial score (nSPS) is 10.4. The molecule has 0 saturated carbocycles. The molecule has 0 spiro atoms. The number of halogens is 1. The maximum atomic E-state index is 12.3. The molecule has 25 heavy (non-hydrogen) atoms. The van der Waals surface area contributed by atoms with Crippen molar-refractivity contribution in [1.82, 2.24) is 0 Å². The van der Waals surface area contributed by atoms with Crippen LogP contribution in [0.2, 0.25) is 5.02 Å². The molecule has 132 valence electrons. The summed E-state index contributed by atoms with van der Waals surface area (Å²) in [5.74, 6) is -0.206. The minimum atomic E-state index is -0.134. The summed E-state index contributed by atoms with van der Waals surface area (Å²) in [6.45, 7) is 5.80. The molecule has 0 aliphatic carbocycles. The van der Waals surface area contributed by atoms with E-state index in [4.69, 9.17) is 11.6 Å². The third-order valence-corrected chi connectivity index (χ3v) is 4.30. The van der Waals surface area contributed by atoms with Crippen molar-refractivity contribution >= 4 is 34.8 Å². The van der Waals surface area contributed by atoms with Gasteiger partial charge in [0.05, 0.1) is 0 Å². The van der Waals surface area contributed by atoms with Gasteiger partial charge in [0.1, 0.15) is 0 Å². The topological polar surface area (TPSA) is 49.4 Å². The smallest absolute Gasteiger partial charge is 0.226 e. The Balaban J connectivity index is 2.06. The first-order valence-electron chi connectivity index (χ1n) is 8.34. The van der Waals surface area contributed by atoms with E-state index in [0.29, 0.717) is 11.6 Å². The van der Waals surface area contributed by atoms with Crippen LogP contribution in [-0.2, 0) is 16.0 Å². The van der Waals surface area contributed by atoms with E-state index in [1.54, 1.807) is 23.1 Å². The lowest BCUT2D eigenvalue weighted by Crippen LogP contribution is -2.32. The van der Waals surface area contributed by atoms with Crippen LogP contribution >= 0.6 is 11.6 Å². The minimum Gasteiger partial charge on any atom is -0.326 e. The Hall–Kier alpha value is -2.33. The minimum absolute atomic E-state index is 0.0728. The molecule has 0 bridgehead atoms. The van der Waals surface area contributed by atoms with Gasteiger partial charge in [-0.1, -0.05) is 36.7 Å². The van der Waals surface area contributed by atoms with Crippen molar-refractivity contribution in [3.8, 4) is 0 Å². The summed E-state index contributed by atoms with van der Waals surface area (Å²) in [5, 5.41) is 3.51. The number of carbonyl (C=O) groups excluding carboxylic acids is 2. The lowest BCUT2D eigenvalue weighted by molar-refractivity contribution is -0.117. The molecule has 1 N–H and O–H groups in total. The van der Waals surface area contributed by atoms with Crippen LogP contribution in [-0.4, -0.2) is 18.4 Å². The number of hydrogen-bond donors (Lipinski definition) is 1. The van der Waals surface area contributed by atoms with Gasteiger partial charge in [-0.05, 0) is 48.7 Å². The zero-order valence-corrected chi connectivity index (χ0v) is 15.6. The number of nitrogens with one attached hydrogen (secondary N) is 1. The van der Waals surface area contributed by atoms with Gasteiger partial charge in [-0.25, -0.2) is 0 Å². The summed E-state index contributed by atoms with van der Waals surface area (Å²) >= 11 is 5.93. The van der Waals surface area contributed by atoms with Gasteiger partial charge in [0, 0.05) is 36.3 Å². The predicted octanol–water partition coefficient (Wildman–Crippen LogP) is 4.59. The van der Waals surface area contributed by atoms with Crippen LogP contribution in [0.15, 0.2) is 42.5 Å². The Morgan fingerprint density at radius 2 is 1.88 bits per heavy atom. The van der Waals surface area contributed by atoms with Crippen molar-refractivity contribution in [3.63, 3.8) is 0 Å². The Morgan fingerprint density at radius 3 is 2.52 bits per heavy atom. The van der Waals surface area contributed by atoms with Gasteiger partial charge in [0.25, 0.3) is 0 Å². The summed E-state index contributed by atoms with van der Waals surface area (Å²) in [5.41, 5.74) is 3.60. The SMILES string of the molecule is CCc1ccccc1N(CCC(=O)Nc1ccc(Cl)cc1C)C(C)=O. The van der Waals surface area contributed by atoms with Gasteiger partial charge in [-0.3, -0.25) is 9.59 Å². The molecule has 2 aromatic rings. The molecule has 0 unspecified atom stereocenters. The molecule has 0 aliphatic rings. The van der Waals surface area contributed by atoms with Crippen molar-refractivity contribution in [3.05, 3.63) is 58.6 Å². The van der Waals surface area contributed by atoms with Crippen molar-refractivity contribution in [2.45, 2.75) is 33.6 Å². The molecular formula is C20H23ClN2O2. The highest BCUT2D eigenvalue weighted by Crippen LogP contribution is 2.22. The molecule has 0 heterocycles. The van der Waals surface area contributed by atoms with E-state index in [1.807, 2.05) is 38.1 Å². The molecule has 0 aromatic heterocycles. The molecule has 0 saturated heterocycles. The molecule has 0 atom stereocenters. The van der Waals surface area contributed by atoms with Gasteiger partial charge in [-0.15, -0.1) is 0 Å². The lowest BCUT2D eigenvalue weighted by atomic mass is 10.1. The summed E-state index contributed by atoms with van der Waals surface area (Å²) < 4.78 is 0. The maximum Gasteiger partial charge on any atom is 0.226 e. The van der Waals surface area contributed by atoms with Crippen LogP contribution in [0.4, 0.5) is 11.4 Å². The zero-order chi connectivity index (χ0) is 18.4. The fourth-order valence-corrected chi connectivity index (χ4v) is 2.94. The van der Waals surface area contributed by atoms with Crippen LogP contribution < -0.4 is 10.2 Å². The fraction of sp³-hybridized carbons (Fsp3) is 0.300. The molecule has 2 aromatic carbocycles. The average molecular weight is 359 g/mol. The Labute approximate surface area is 153 Å². The summed E-state index contributed by atoms with van der Waals surface area (Å²) in [6, 6.07) is 13.1. The van der Waals surface area contributed by atoms with Crippen LogP contribution in [0.1, 0.15) is 31.4 Å². The van der Waals surface area contributed by atoms with Crippen LogP contribution in [0.5, 0.6) is 0 Å².